The Bertz CT molecular complexity index is 193. The van der Waals surface area contributed by atoms with Crippen molar-refractivity contribution in [1.29, 1.82) is 0 Å². The van der Waals surface area contributed by atoms with E-state index in [0.717, 1.165) is 12.8 Å². The average Bonchev–Trinajstić information content (AvgIpc) is 2.42. The summed E-state index contributed by atoms with van der Waals surface area (Å²) >= 11 is 0. The SMILES string of the molecule is [B]C1CC(CC)C(CN=[N+]=[N-])O1. The summed E-state index contributed by atoms with van der Waals surface area (Å²) in [4.78, 5) is 2.70. The number of azide groups is 1. The molecule has 1 saturated heterocycles. The molecule has 64 valence electrons. The number of nitrogens with zero attached hydrogens (tertiary/aromatic N) is 3. The number of hydrogen-bond donors (Lipinski definition) is 0. The Morgan fingerprint density at radius 1 is 1.75 bits per heavy atom. The molecule has 1 aliphatic heterocycles. The fraction of sp³-hybridized carbons (Fsp3) is 1.00. The summed E-state index contributed by atoms with van der Waals surface area (Å²) in [5.74, 6) is 0.450. The normalized spacial score (nSPS) is 34.6. The van der Waals surface area contributed by atoms with Gasteiger partial charge in [0.1, 0.15) is 7.85 Å². The fourth-order valence-corrected chi connectivity index (χ4v) is 1.58. The molecule has 2 radical (unpaired) electrons. The summed E-state index contributed by atoms with van der Waals surface area (Å²) in [5, 5.41) is 3.49. The maximum absolute atomic E-state index is 8.12. The van der Waals surface area contributed by atoms with Gasteiger partial charge in [0.05, 0.1) is 12.6 Å². The van der Waals surface area contributed by atoms with Crippen LogP contribution in [-0.2, 0) is 4.74 Å². The molecule has 1 heterocycles. The molecule has 3 unspecified atom stereocenters. The Labute approximate surface area is 73.3 Å². The topological polar surface area (TPSA) is 58.0 Å². The summed E-state index contributed by atoms with van der Waals surface area (Å²) in [6, 6.07) is -0.172. The van der Waals surface area contributed by atoms with Gasteiger partial charge in [-0.1, -0.05) is 18.5 Å². The maximum Gasteiger partial charge on any atom is 0.109 e. The minimum absolute atomic E-state index is 0.0286. The van der Waals surface area contributed by atoms with Gasteiger partial charge in [-0.3, -0.25) is 0 Å². The first-order chi connectivity index (χ1) is 5.77. The molecule has 0 amide bonds. The second-order valence-electron chi connectivity index (χ2n) is 3.03. The molecule has 0 aromatic rings. The first kappa shape index (κ1) is 9.42. The lowest BCUT2D eigenvalue weighted by Crippen LogP contribution is -2.19. The molecule has 0 aromatic heterocycles. The lowest BCUT2D eigenvalue weighted by Gasteiger charge is -2.13. The van der Waals surface area contributed by atoms with Crippen LogP contribution in [0.4, 0.5) is 0 Å². The Morgan fingerprint density at radius 3 is 3.08 bits per heavy atom. The molecule has 12 heavy (non-hydrogen) atoms. The first-order valence-electron chi connectivity index (χ1n) is 4.19. The van der Waals surface area contributed by atoms with E-state index in [-0.39, 0.29) is 12.1 Å². The zero-order chi connectivity index (χ0) is 8.97. The van der Waals surface area contributed by atoms with Gasteiger partial charge >= 0.3 is 0 Å². The Morgan fingerprint density at radius 2 is 2.50 bits per heavy atom. The van der Waals surface area contributed by atoms with Crippen molar-refractivity contribution in [2.75, 3.05) is 6.54 Å². The molecule has 0 N–H and O–H groups in total. The summed E-state index contributed by atoms with van der Waals surface area (Å²) in [5.41, 5.74) is 8.12. The standard InChI is InChI=1S/C7H12BN3O/c1-2-5-3-7(8)12-6(5)4-10-11-9/h5-7H,2-4H2,1H3. The molecule has 0 spiro atoms. The van der Waals surface area contributed by atoms with Crippen molar-refractivity contribution in [3.05, 3.63) is 10.4 Å². The van der Waals surface area contributed by atoms with E-state index in [1.807, 2.05) is 0 Å². The van der Waals surface area contributed by atoms with Crippen molar-refractivity contribution in [3.63, 3.8) is 0 Å². The van der Waals surface area contributed by atoms with E-state index in [9.17, 15) is 0 Å². The molecule has 1 aliphatic rings. The zero-order valence-corrected chi connectivity index (χ0v) is 7.18. The Kier molecular flexibility index (Phi) is 3.44. The van der Waals surface area contributed by atoms with Crippen LogP contribution < -0.4 is 0 Å². The lowest BCUT2D eigenvalue weighted by atomic mass is 9.89. The van der Waals surface area contributed by atoms with Gasteiger partial charge in [0.2, 0.25) is 0 Å². The predicted octanol–water partition coefficient (Wildman–Crippen LogP) is 1.61. The van der Waals surface area contributed by atoms with Crippen molar-refractivity contribution in [3.8, 4) is 0 Å². The van der Waals surface area contributed by atoms with Crippen LogP contribution in [0.25, 0.3) is 10.4 Å². The van der Waals surface area contributed by atoms with E-state index in [1.54, 1.807) is 0 Å². The van der Waals surface area contributed by atoms with Gasteiger partial charge < -0.3 is 4.74 Å². The van der Waals surface area contributed by atoms with Crippen LogP contribution in [0.5, 0.6) is 0 Å². The molecule has 0 saturated carbocycles. The van der Waals surface area contributed by atoms with Crippen LogP contribution in [0, 0.1) is 5.92 Å². The van der Waals surface area contributed by atoms with Gasteiger partial charge in [0.25, 0.3) is 0 Å². The van der Waals surface area contributed by atoms with E-state index >= 15 is 0 Å². The van der Waals surface area contributed by atoms with Crippen LogP contribution in [0.2, 0.25) is 0 Å². The summed E-state index contributed by atoms with van der Waals surface area (Å²) in [7, 11) is 5.61. The second-order valence-corrected chi connectivity index (χ2v) is 3.03. The molecule has 4 nitrogen and oxygen atoms in total. The molecule has 0 aliphatic carbocycles. The smallest absolute Gasteiger partial charge is 0.109 e. The van der Waals surface area contributed by atoms with Crippen molar-refractivity contribution in [2.45, 2.75) is 31.9 Å². The average molecular weight is 165 g/mol. The molecule has 1 fully saturated rings. The van der Waals surface area contributed by atoms with Gasteiger partial charge in [-0.25, -0.2) is 0 Å². The van der Waals surface area contributed by atoms with E-state index in [1.165, 1.54) is 0 Å². The van der Waals surface area contributed by atoms with Gasteiger partial charge in [-0.05, 0) is 17.9 Å². The molecule has 5 heteroatoms. The van der Waals surface area contributed by atoms with Crippen LogP contribution >= 0.6 is 0 Å². The molecule has 0 aromatic carbocycles. The van der Waals surface area contributed by atoms with E-state index in [0.29, 0.717) is 12.5 Å². The predicted molar refractivity (Wildman–Crippen MR) is 46.8 cm³/mol. The first-order valence-corrected chi connectivity index (χ1v) is 4.19. The van der Waals surface area contributed by atoms with Crippen LogP contribution in [0.3, 0.4) is 0 Å². The fourth-order valence-electron chi connectivity index (χ4n) is 1.58. The van der Waals surface area contributed by atoms with Crippen molar-refractivity contribution in [2.24, 2.45) is 11.0 Å². The highest BCUT2D eigenvalue weighted by molar-refractivity contribution is 6.11. The largest absolute Gasteiger partial charge is 0.384 e. The quantitative estimate of drug-likeness (QED) is 0.271. The van der Waals surface area contributed by atoms with Gasteiger partial charge in [0, 0.05) is 10.9 Å². The van der Waals surface area contributed by atoms with E-state index in [4.69, 9.17) is 18.1 Å². The highest BCUT2D eigenvalue weighted by Gasteiger charge is 2.30. The van der Waals surface area contributed by atoms with Crippen LogP contribution in [0.15, 0.2) is 5.11 Å². The van der Waals surface area contributed by atoms with Crippen LogP contribution in [0.1, 0.15) is 19.8 Å². The van der Waals surface area contributed by atoms with E-state index < -0.39 is 0 Å². The van der Waals surface area contributed by atoms with Crippen molar-refractivity contribution >= 4 is 7.85 Å². The highest BCUT2D eigenvalue weighted by Crippen LogP contribution is 2.27. The van der Waals surface area contributed by atoms with Gasteiger partial charge in [-0.2, -0.15) is 0 Å². The van der Waals surface area contributed by atoms with Crippen molar-refractivity contribution < 1.29 is 4.74 Å². The third-order valence-electron chi connectivity index (χ3n) is 2.26. The monoisotopic (exact) mass is 165 g/mol. The molecule has 3 atom stereocenters. The summed E-state index contributed by atoms with van der Waals surface area (Å²) in [6.45, 7) is 2.50. The third kappa shape index (κ3) is 2.16. The minimum Gasteiger partial charge on any atom is -0.384 e. The third-order valence-corrected chi connectivity index (χ3v) is 2.26. The molecule has 1 rings (SSSR count). The number of ether oxygens (including phenoxy) is 1. The number of hydrogen-bond acceptors (Lipinski definition) is 2. The zero-order valence-electron chi connectivity index (χ0n) is 7.18. The van der Waals surface area contributed by atoms with Gasteiger partial charge in [-0.15, -0.1) is 0 Å². The molecular weight excluding hydrogens is 153 g/mol. The van der Waals surface area contributed by atoms with Crippen LogP contribution in [-0.4, -0.2) is 26.5 Å². The van der Waals surface area contributed by atoms with E-state index in [2.05, 4.69) is 16.9 Å². The number of rotatable bonds is 3. The molecule has 0 bridgehead atoms. The lowest BCUT2D eigenvalue weighted by molar-refractivity contribution is 0.0773. The highest BCUT2D eigenvalue weighted by atomic mass is 16.5. The summed E-state index contributed by atoms with van der Waals surface area (Å²) < 4.78 is 5.38. The van der Waals surface area contributed by atoms with Crippen molar-refractivity contribution in [1.82, 2.24) is 0 Å². The van der Waals surface area contributed by atoms with Gasteiger partial charge in [0.15, 0.2) is 0 Å². The Balaban J connectivity index is 2.45. The summed E-state index contributed by atoms with van der Waals surface area (Å²) in [6.07, 6.45) is 1.93. The maximum atomic E-state index is 8.12. The molecular formula is C7H12BN3O. The Hall–Kier alpha value is -0.665. The second kappa shape index (κ2) is 4.38. The minimum atomic E-state index is -0.172.